The predicted octanol–water partition coefficient (Wildman–Crippen LogP) is 2.64. The maximum atomic E-state index is 12.3. The van der Waals surface area contributed by atoms with Gasteiger partial charge in [0, 0.05) is 36.7 Å². The highest BCUT2D eigenvalue weighted by atomic mass is 16.2. The van der Waals surface area contributed by atoms with Gasteiger partial charge in [0.05, 0.1) is 6.42 Å². The Kier molecular flexibility index (Phi) is 5.02. The number of nitrogens with zero attached hydrogens (tertiary/aromatic N) is 2. The molecule has 0 atom stereocenters. The zero-order valence-corrected chi connectivity index (χ0v) is 13.4. The summed E-state index contributed by atoms with van der Waals surface area (Å²) in [6.07, 6.45) is 2.51. The van der Waals surface area contributed by atoms with Crippen LogP contribution in [0.5, 0.6) is 0 Å². The number of aromatic nitrogens is 1. The first-order valence-corrected chi connectivity index (χ1v) is 7.57. The lowest BCUT2D eigenvalue weighted by Gasteiger charge is -2.18. The van der Waals surface area contributed by atoms with Gasteiger partial charge in [0.2, 0.25) is 5.91 Å². The van der Waals surface area contributed by atoms with Crippen molar-refractivity contribution < 1.29 is 4.79 Å². The van der Waals surface area contributed by atoms with Crippen molar-refractivity contribution in [3.63, 3.8) is 0 Å². The summed E-state index contributed by atoms with van der Waals surface area (Å²) in [7, 11) is 4.12. The third-order valence-electron chi connectivity index (χ3n) is 3.83. The second kappa shape index (κ2) is 6.76. The highest BCUT2D eigenvalue weighted by molar-refractivity contribution is 5.90. The monoisotopic (exact) mass is 287 g/mol. The molecule has 2 rings (SSSR count). The number of likely N-dealkylation sites (N-methyl/N-ethyl adjacent to an activating group) is 1. The molecule has 4 nitrogen and oxygen atoms in total. The van der Waals surface area contributed by atoms with Crippen molar-refractivity contribution in [2.45, 2.75) is 26.8 Å². The minimum absolute atomic E-state index is 0.191. The summed E-state index contributed by atoms with van der Waals surface area (Å²) in [4.78, 5) is 19.7. The number of amides is 1. The van der Waals surface area contributed by atoms with E-state index in [4.69, 9.17) is 0 Å². The van der Waals surface area contributed by atoms with Gasteiger partial charge in [0.1, 0.15) is 0 Å². The number of carbonyl (C=O) groups excluding carboxylic acids is 1. The summed E-state index contributed by atoms with van der Waals surface area (Å²) in [5, 5.41) is 1.22. The molecule has 0 unspecified atom stereocenters. The second-order valence-corrected chi connectivity index (χ2v) is 5.63. The van der Waals surface area contributed by atoms with E-state index in [2.05, 4.69) is 36.2 Å². The van der Waals surface area contributed by atoms with Gasteiger partial charge in [0.25, 0.3) is 0 Å². The molecule has 1 amide bonds. The fourth-order valence-electron chi connectivity index (χ4n) is 2.75. The molecule has 0 bridgehead atoms. The number of nitrogens with one attached hydrogen (secondary N) is 1. The first-order chi connectivity index (χ1) is 10.1. The summed E-state index contributed by atoms with van der Waals surface area (Å²) in [5.41, 5.74) is 3.44. The maximum absolute atomic E-state index is 12.3. The lowest BCUT2D eigenvalue weighted by molar-refractivity contribution is -0.130. The Hall–Kier alpha value is -1.81. The highest BCUT2D eigenvalue weighted by Crippen LogP contribution is 2.23. The molecule has 0 radical (unpaired) electrons. The molecule has 0 fully saturated rings. The van der Waals surface area contributed by atoms with E-state index in [1.165, 1.54) is 10.9 Å². The van der Waals surface area contributed by atoms with Crippen molar-refractivity contribution in [1.82, 2.24) is 14.8 Å². The molecule has 1 N–H and O–H groups in total. The van der Waals surface area contributed by atoms with E-state index in [1.54, 1.807) is 0 Å². The van der Waals surface area contributed by atoms with Gasteiger partial charge in [-0.1, -0.05) is 18.2 Å². The Morgan fingerprint density at radius 2 is 1.86 bits per heavy atom. The summed E-state index contributed by atoms with van der Waals surface area (Å²) in [6, 6.07) is 6.20. The van der Waals surface area contributed by atoms with Crippen LogP contribution in [0, 0.1) is 0 Å². The average molecular weight is 287 g/mol. The highest BCUT2D eigenvalue weighted by Gasteiger charge is 2.14. The number of aromatic amines is 1. The lowest BCUT2D eigenvalue weighted by atomic mass is 10.1. The number of benzene rings is 1. The number of fused-ring (bicyclic) bond motifs is 1. The largest absolute Gasteiger partial charge is 0.361 e. The molecule has 21 heavy (non-hydrogen) atoms. The van der Waals surface area contributed by atoms with Crippen LogP contribution in [-0.2, 0) is 17.8 Å². The molecule has 0 saturated carbocycles. The average Bonchev–Trinajstić information content (AvgIpc) is 2.84. The van der Waals surface area contributed by atoms with Crippen LogP contribution in [0.25, 0.3) is 10.9 Å². The van der Waals surface area contributed by atoms with Gasteiger partial charge in [-0.25, -0.2) is 0 Å². The third-order valence-corrected chi connectivity index (χ3v) is 3.83. The Balaban J connectivity index is 2.29. The molecular weight excluding hydrogens is 262 g/mol. The smallest absolute Gasteiger partial charge is 0.227 e. The molecule has 0 saturated heterocycles. The van der Waals surface area contributed by atoms with Gasteiger partial charge in [-0.3, -0.25) is 4.79 Å². The van der Waals surface area contributed by atoms with E-state index in [0.717, 1.165) is 30.7 Å². The molecule has 0 aliphatic rings. The molecule has 4 heteroatoms. The van der Waals surface area contributed by atoms with Gasteiger partial charge in [-0.2, -0.15) is 0 Å². The summed E-state index contributed by atoms with van der Waals surface area (Å²) >= 11 is 0. The number of H-pyrrole nitrogens is 1. The Bertz CT molecular complexity index is 612. The van der Waals surface area contributed by atoms with Gasteiger partial charge in [-0.15, -0.1) is 0 Å². The van der Waals surface area contributed by atoms with E-state index in [-0.39, 0.29) is 5.91 Å². The minimum Gasteiger partial charge on any atom is -0.361 e. The van der Waals surface area contributed by atoms with Gasteiger partial charge < -0.3 is 14.8 Å². The Labute approximate surface area is 126 Å². The van der Waals surface area contributed by atoms with Crippen LogP contribution in [0.3, 0.4) is 0 Å². The lowest BCUT2D eigenvalue weighted by Crippen LogP contribution is -2.31. The molecule has 114 valence electrons. The molecule has 2 aromatic rings. The van der Waals surface area contributed by atoms with Gasteiger partial charge >= 0.3 is 0 Å². The number of hydrogen-bond acceptors (Lipinski definition) is 2. The van der Waals surface area contributed by atoms with E-state index in [0.29, 0.717) is 6.42 Å². The Morgan fingerprint density at radius 1 is 1.14 bits per heavy atom. The number of para-hydroxylation sites is 1. The van der Waals surface area contributed by atoms with Crippen molar-refractivity contribution in [3.05, 3.63) is 35.5 Å². The van der Waals surface area contributed by atoms with Crippen LogP contribution in [0.1, 0.15) is 25.0 Å². The molecule has 1 aromatic carbocycles. The van der Waals surface area contributed by atoms with Crippen molar-refractivity contribution in [1.29, 1.82) is 0 Å². The van der Waals surface area contributed by atoms with E-state index < -0.39 is 0 Å². The van der Waals surface area contributed by atoms with E-state index in [9.17, 15) is 4.79 Å². The zero-order valence-electron chi connectivity index (χ0n) is 13.4. The van der Waals surface area contributed by atoms with Gasteiger partial charge in [0.15, 0.2) is 0 Å². The summed E-state index contributed by atoms with van der Waals surface area (Å²) < 4.78 is 0. The molecular formula is C17H25N3O. The molecule has 0 aliphatic heterocycles. The van der Waals surface area contributed by atoms with E-state index >= 15 is 0 Å². The summed E-state index contributed by atoms with van der Waals surface area (Å²) in [5.74, 6) is 0.191. The molecule has 1 aromatic heterocycles. The van der Waals surface area contributed by atoms with Crippen molar-refractivity contribution in [3.8, 4) is 0 Å². The van der Waals surface area contributed by atoms with Crippen LogP contribution >= 0.6 is 0 Å². The third kappa shape index (κ3) is 3.45. The van der Waals surface area contributed by atoms with Crippen molar-refractivity contribution >= 4 is 16.8 Å². The standard InChI is InChI=1S/C17H25N3O/c1-5-20(6-2)16(21)10-13-8-7-9-15-14(12-19(3)4)11-18-17(13)15/h7-9,11,18H,5-6,10,12H2,1-4H3. The van der Waals surface area contributed by atoms with Crippen LogP contribution in [0.4, 0.5) is 0 Å². The van der Waals surface area contributed by atoms with E-state index in [1.807, 2.05) is 30.9 Å². The van der Waals surface area contributed by atoms with Crippen LogP contribution in [0.15, 0.2) is 24.4 Å². The zero-order chi connectivity index (χ0) is 15.4. The maximum Gasteiger partial charge on any atom is 0.227 e. The van der Waals surface area contributed by atoms with Crippen LogP contribution in [-0.4, -0.2) is 47.9 Å². The molecule has 0 aliphatic carbocycles. The SMILES string of the molecule is CCN(CC)C(=O)Cc1cccc2c(CN(C)C)c[nH]c12. The predicted molar refractivity (Wildman–Crippen MR) is 87.3 cm³/mol. The number of rotatable bonds is 6. The van der Waals surface area contributed by atoms with Crippen LogP contribution < -0.4 is 0 Å². The Morgan fingerprint density at radius 3 is 2.48 bits per heavy atom. The first-order valence-electron chi connectivity index (χ1n) is 7.57. The topological polar surface area (TPSA) is 39.3 Å². The molecule has 0 spiro atoms. The fraction of sp³-hybridized carbons (Fsp3) is 0.471. The minimum atomic E-state index is 0.191. The fourth-order valence-corrected chi connectivity index (χ4v) is 2.75. The molecule has 1 heterocycles. The quantitative estimate of drug-likeness (QED) is 0.887. The summed E-state index contributed by atoms with van der Waals surface area (Å²) in [6.45, 7) is 6.47. The van der Waals surface area contributed by atoms with Gasteiger partial charge in [-0.05, 0) is 39.1 Å². The normalized spacial score (nSPS) is 11.3. The second-order valence-electron chi connectivity index (χ2n) is 5.63. The van der Waals surface area contributed by atoms with Crippen LogP contribution in [0.2, 0.25) is 0 Å². The number of hydrogen-bond donors (Lipinski definition) is 1. The van der Waals surface area contributed by atoms with Crippen molar-refractivity contribution in [2.24, 2.45) is 0 Å². The van der Waals surface area contributed by atoms with Crippen molar-refractivity contribution in [2.75, 3.05) is 27.2 Å². The first kappa shape index (κ1) is 15.6. The number of carbonyl (C=O) groups is 1.